The van der Waals surface area contributed by atoms with Gasteiger partial charge in [-0.15, -0.1) is 11.3 Å². The minimum atomic E-state index is -0.215. The van der Waals surface area contributed by atoms with E-state index in [9.17, 15) is 4.79 Å². The Labute approximate surface area is 154 Å². The molecule has 0 aliphatic rings. The standard InChI is InChI=1S/C20H16N4OS/c1-24-12-14(11-21-24)6-9-19(25)23-20-22-18(13-26-20)17-8-7-15-4-2-3-5-16(15)10-17/h2-13H,1H3,(H,22,23,25). The van der Waals surface area contributed by atoms with Gasteiger partial charge in [-0.3, -0.25) is 14.8 Å². The highest BCUT2D eigenvalue weighted by Crippen LogP contribution is 2.27. The molecular weight excluding hydrogens is 344 g/mol. The minimum absolute atomic E-state index is 0.215. The van der Waals surface area contributed by atoms with E-state index in [0.29, 0.717) is 5.13 Å². The van der Waals surface area contributed by atoms with Gasteiger partial charge in [-0.2, -0.15) is 5.10 Å². The Kier molecular flexibility index (Phi) is 4.33. The highest BCUT2D eigenvalue weighted by atomic mass is 32.1. The maximum Gasteiger partial charge on any atom is 0.250 e. The van der Waals surface area contributed by atoms with Crippen LogP contribution < -0.4 is 5.32 Å². The number of rotatable bonds is 4. The molecule has 1 N–H and O–H groups in total. The number of benzene rings is 2. The van der Waals surface area contributed by atoms with Crippen LogP contribution in [0.1, 0.15) is 5.56 Å². The maximum absolute atomic E-state index is 12.1. The summed E-state index contributed by atoms with van der Waals surface area (Å²) in [5, 5.41) is 11.8. The molecule has 0 unspecified atom stereocenters. The molecule has 0 saturated heterocycles. The van der Waals surface area contributed by atoms with E-state index < -0.39 is 0 Å². The van der Waals surface area contributed by atoms with Gasteiger partial charge in [0.25, 0.3) is 0 Å². The first-order chi connectivity index (χ1) is 12.7. The van der Waals surface area contributed by atoms with E-state index in [1.54, 1.807) is 17.0 Å². The molecule has 6 heteroatoms. The third kappa shape index (κ3) is 3.55. The fourth-order valence-corrected chi connectivity index (χ4v) is 3.38. The van der Waals surface area contributed by atoms with Crippen LogP contribution in [0.5, 0.6) is 0 Å². The summed E-state index contributed by atoms with van der Waals surface area (Å²) in [6.45, 7) is 0. The predicted octanol–water partition coefficient (Wildman–Crippen LogP) is 4.35. The molecule has 2 aromatic heterocycles. The Morgan fingerprint density at radius 3 is 2.85 bits per heavy atom. The molecule has 0 aliphatic carbocycles. The molecule has 128 valence electrons. The normalized spacial score (nSPS) is 11.3. The van der Waals surface area contributed by atoms with Crippen molar-refractivity contribution in [3.05, 3.63) is 71.9 Å². The molecule has 0 bridgehead atoms. The van der Waals surface area contributed by atoms with Gasteiger partial charge >= 0.3 is 0 Å². The van der Waals surface area contributed by atoms with Crippen molar-refractivity contribution in [1.29, 1.82) is 0 Å². The lowest BCUT2D eigenvalue weighted by Crippen LogP contribution is -2.07. The number of carbonyl (C=O) groups is 1. The summed E-state index contributed by atoms with van der Waals surface area (Å²) in [6.07, 6.45) is 6.74. The summed E-state index contributed by atoms with van der Waals surface area (Å²) in [7, 11) is 1.83. The third-order valence-electron chi connectivity index (χ3n) is 3.93. The fraction of sp³-hybridized carbons (Fsp3) is 0.0500. The SMILES string of the molecule is Cn1cc(C=CC(=O)Nc2nc(-c3ccc4ccccc4c3)cs2)cn1. The molecule has 0 spiro atoms. The van der Waals surface area contributed by atoms with Gasteiger partial charge in [0.2, 0.25) is 5.91 Å². The van der Waals surface area contributed by atoms with Gasteiger partial charge in [0.05, 0.1) is 11.9 Å². The summed E-state index contributed by atoms with van der Waals surface area (Å²) in [5.41, 5.74) is 2.76. The van der Waals surface area contributed by atoms with Crippen LogP contribution in [0.2, 0.25) is 0 Å². The predicted molar refractivity (Wildman–Crippen MR) is 106 cm³/mol. The highest BCUT2D eigenvalue weighted by molar-refractivity contribution is 7.14. The average Bonchev–Trinajstić information content (AvgIpc) is 3.28. The van der Waals surface area contributed by atoms with Crippen LogP contribution in [0, 0.1) is 0 Å². The molecule has 0 atom stereocenters. The molecule has 0 aliphatic heterocycles. The smallest absolute Gasteiger partial charge is 0.250 e. The largest absolute Gasteiger partial charge is 0.298 e. The van der Waals surface area contributed by atoms with Crippen LogP contribution >= 0.6 is 11.3 Å². The van der Waals surface area contributed by atoms with Crippen LogP contribution in [0.4, 0.5) is 5.13 Å². The monoisotopic (exact) mass is 360 g/mol. The molecule has 0 fully saturated rings. The van der Waals surface area contributed by atoms with Crippen molar-refractivity contribution in [2.45, 2.75) is 0 Å². The zero-order valence-corrected chi connectivity index (χ0v) is 14.9. The first-order valence-corrected chi connectivity index (χ1v) is 8.98. The molecule has 1 amide bonds. The summed E-state index contributed by atoms with van der Waals surface area (Å²) in [5.74, 6) is -0.215. The van der Waals surface area contributed by atoms with Gasteiger partial charge in [0, 0.05) is 35.8 Å². The van der Waals surface area contributed by atoms with Crippen LogP contribution in [-0.2, 0) is 11.8 Å². The van der Waals surface area contributed by atoms with Gasteiger partial charge in [-0.1, -0.05) is 36.4 Å². The van der Waals surface area contributed by atoms with E-state index in [0.717, 1.165) is 16.8 Å². The topological polar surface area (TPSA) is 59.8 Å². The van der Waals surface area contributed by atoms with Crippen molar-refractivity contribution < 1.29 is 4.79 Å². The quantitative estimate of drug-likeness (QED) is 0.551. The van der Waals surface area contributed by atoms with Crippen molar-refractivity contribution >= 4 is 39.2 Å². The Hall–Kier alpha value is -3.25. The first kappa shape index (κ1) is 16.2. The summed E-state index contributed by atoms with van der Waals surface area (Å²) < 4.78 is 1.69. The highest BCUT2D eigenvalue weighted by Gasteiger charge is 2.07. The van der Waals surface area contributed by atoms with Gasteiger partial charge in [0.1, 0.15) is 0 Å². The number of fused-ring (bicyclic) bond motifs is 1. The molecule has 2 heterocycles. The number of aryl methyl sites for hydroxylation is 1. The molecule has 2 aromatic carbocycles. The van der Waals surface area contributed by atoms with Crippen molar-refractivity contribution in [2.24, 2.45) is 7.05 Å². The number of hydrogen-bond donors (Lipinski definition) is 1. The van der Waals surface area contributed by atoms with Gasteiger partial charge < -0.3 is 0 Å². The van der Waals surface area contributed by atoms with Gasteiger partial charge in [-0.05, 0) is 22.9 Å². The second-order valence-electron chi connectivity index (χ2n) is 5.87. The molecule has 0 saturated carbocycles. The molecule has 0 radical (unpaired) electrons. The van der Waals surface area contributed by atoms with Gasteiger partial charge in [0.15, 0.2) is 5.13 Å². The summed E-state index contributed by atoms with van der Waals surface area (Å²) in [4.78, 5) is 16.6. The van der Waals surface area contributed by atoms with Crippen LogP contribution in [0.3, 0.4) is 0 Å². The molecule has 4 rings (SSSR count). The Bertz CT molecular complexity index is 1110. The minimum Gasteiger partial charge on any atom is -0.298 e. The number of nitrogens with zero attached hydrogens (tertiary/aromatic N) is 3. The second-order valence-corrected chi connectivity index (χ2v) is 6.73. The number of amides is 1. The zero-order chi connectivity index (χ0) is 17.9. The van der Waals surface area contributed by atoms with E-state index in [1.165, 1.54) is 28.2 Å². The fourth-order valence-electron chi connectivity index (χ4n) is 2.66. The van der Waals surface area contributed by atoms with E-state index in [1.807, 2.05) is 36.8 Å². The van der Waals surface area contributed by atoms with E-state index in [-0.39, 0.29) is 5.91 Å². The molecular formula is C20H16N4OS. The number of hydrogen-bond acceptors (Lipinski definition) is 4. The molecule has 5 nitrogen and oxygen atoms in total. The van der Waals surface area contributed by atoms with Crippen molar-refractivity contribution in [2.75, 3.05) is 5.32 Å². The summed E-state index contributed by atoms with van der Waals surface area (Å²) in [6, 6.07) is 14.4. The van der Waals surface area contributed by atoms with Crippen LogP contribution in [0.25, 0.3) is 28.1 Å². The first-order valence-electron chi connectivity index (χ1n) is 8.10. The van der Waals surface area contributed by atoms with Crippen molar-refractivity contribution in [3.63, 3.8) is 0 Å². The number of nitrogens with one attached hydrogen (secondary N) is 1. The Morgan fingerprint density at radius 1 is 1.19 bits per heavy atom. The van der Waals surface area contributed by atoms with Gasteiger partial charge in [-0.25, -0.2) is 4.98 Å². The van der Waals surface area contributed by atoms with Crippen molar-refractivity contribution in [3.8, 4) is 11.3 Å². The lowest BCUT2D eigenvalue weighted by atomic mass is 10.1. The van der Waals surface area contributed by atoms with Crippen LogP contribution in [-0.4, -0.2) is 20.7 Å². The Balaban J connectivity index is 1.48. The second kappa shape index (κ2) is 6.93. The number of thiazole rings is 1. The Morgan fingerprint density at radius 2 is 2.04 bits per heavy atom. The number of anilines is 1. The third-order valence-corrected chi connectivity index (χ3v) is 4.69. The molecule has 26 heavy (non-hydrogen) atoms. The maximum atomic E-state index is 12.1. The lowest BCUT2D eigenvalue weighted by Gasteiger charge is -2.01. The lowest BCUT2D eigenvalue weighted by molar-refractivity contribution is -0.111. The molecule has 4 aromatic rings. The number of carbonyl (C=O) groups excluding carboxylic acids is 1. The van der Waals surface area contributed by atoms with E-state index >= 15 is 0 Å². The van der Waals surface area contributed by atoms with Crippen molar-refractivity contribution in [1.82, 2.24) is 14.8 Å². The average molecular weight is 360 g/mol. The summed E-state index contributed by atoms with van der Waals surface area (Å²) >= 11 is 1.41. The number of aromatic nitrogens is 3. The van der Waals surface area contributed by atoms with E-state index in [2.05, 4.69) is 39.7 Å². The zero-order valence-electron chi connectivity index (χ0n) is 14.1. The van der Waals surface area contributed by atoms with Crippen LogP contribution in [0.15, 0.2) is 66.3 Å². The van der Waals surface area contributed by atoms with E-state index in [4.69, 9.17) is 0 Å².